The van der Waals surface area contributed by atoms with Gasteiger partial charge in [0.2, 0.25) is 5.89 Å². The summed E-state index contributed by atoms with van der Waals surface area (Å²) in [7, 11) is 0. The van der Waals surface area contributed by atoms with E-state index in [0.717, 1.165) is 23.3 Å². The fraction of sp³-hybridized carbons (Fsp3) is 0.444. The summed E-state index contributed by atoms with van der Waals surface area (Å²) >= 11 is 0. The van der Waals surface area contributed by atoms with Crippen molar-refractivity contribution < 1.29 is 14.1 Å². The minimum Gasteiger partial charge on any atom is -0.337 e. The highest BCUT2D eigenvalue weighted by Gasteiger charge is 2.49. The molecule has 1 aromatic carbocycles. The van der Waals surface area contributed by atoms with Gasteiger partial charge in [-0.25, -0.2) is 4.79 Å². The second-order valence-electron chi connectivity index (χ2n) is 6.35. The van der Waals surface area contributed by atoms with Crippen LogP contribution in [-0.2, 0) is 29.7 Å². The SMILES string of the molecule is CCCc1ccc([C@]2(C)NC(=O)N(Cc3nc(CC)no3)C2=O)cc1. The van der Waals surface area contributed by atoms with Crippen molar-refractivity contribution in [3.8, 4) is 0 Å². The lowest BCUT2D eigenvalue weighted by Gasteiger charge is -2.22. The van der Waals surface area contributed by atoms with E-state index in [4.69, 9.17) is 4.52 Å². The number of amides is 3. The van der Waals surface area contributed by atoms with Crippen LogP contribution in [0.15, 0.2) is 28.8 Å². The molecule has 0 bridgehead atoms. The highest BCUT2D eigenvalue weighted by Crippen LogP contribution is 2.30. The molecule has 2 aromatic rings. The maximum absolute atomic E-state index is 12.9. The smallest absolute Gasteiger partial charge is 0.325 e. The maximum atomic E-state index is 12.9. The summed E-state index contributed by atoms with van der Waals surface area (Å²) < 4.78 is 5.10. The first kappa shape index (κ1) is 17.1. The van der Waals surface area contributed by atoms with Crippen molar-refractivity contribution in [1.29, 1.82) is 0 Å². The summed E-state index contributed by atoms with van der Waals surface area (Å²) in [5, 5.41) is 6.58. The molecule has 1 saturated heterocycles. The minimum atomic E-state index is -1.09. The second-order valence-corrected chi connectivity index (χ2v) is 6.35. The largest absolute Gasteiger partial charge is 0.337 e. The number of carbonyl (C=O) groups excluding carboxylic acids is 2. The third-order valence-electron chi connectivity index (χ3n) is 4.46. The topological polar surface area (TPSA) is 88.3 Å². The summed E-state index contributed by atoms with van der Waals surface area (Å²) in [6.07, 6.45) is 2.68. The standard InChI is InChI=1S/C18H22N4O3/c1-4-6-12-7-9-13(10-8-12)18(3)16(23)22(17(24)20-18)11-15-19-14(5-2)21-25-15/h7-10H,4-6,11H2,1-3H3,(H,20,24)/t18-/m0/s1. The first-order valence-electron chi connectivity index (χ1n) is 8.53. The number of imide groups is 1. The van der Waals surface area contributed by atoms with Crippen LogP contribution < -0.4 is 5.32 Å². The lowest BCUT2D eigenvalue weighted by molar-refractivity contribution is -0.131. The average Bonchev–Trinajstić information content (AvgIpc) is 3.15. The van der Waals surface area contributed by atoms with Crippen molar-refractivity contribution in [2.75, 3.05) is 0 Å². The Labute approximate surface area is 146 Å². The molecule has 0 unspecified atom stereocenters. The van der Waals surface area contributed by atoms with E-state index in [9.17, 15) is 9.59 Å². The van der Waals surface area contributed by atoms with Crippen molar-refractivity contribution in [1.82, 2.24) is 20.4 Å². The molecule has 1 aliphatic rings. The van der Waals surface area contributed by atoms with Crippen LogP contribution in [0.5, 0.6) is 0 Å². The van der Waals surface area contributed by atoms with Gasteiger partial charge in [-0.05, 0) is 24.5 Å². The van der Waals surface area contributed by atoms with Gasteiger partial charge in [0.25, 0.3) is 5.91 Å². The van der Waals surface area contributed by atoms with Crippen LogP contribution in [0.3, 0.4) is 0 Å². The van der Waals surface area contributed by atoms with Gasteiger partial charge in [-0.15, -0.1) is 0 Å². The number of aryl methyl sites for hydroxylation is 2. The van der Waals surface area contributed by atoms with Gasteiger partial charge < -0.3 is 9.84 Å². The molecule has 0 aliphatic carbocycles. The molecule has 0 saturated carbocycles. The molecule has 1 aromatic heterocycles. The zero-order valence-electron chi connectivity index (χ0n) is 14.7. The molecular formula is C18H22N4O3. The third kappa shape index (κ3) is 3.14. The maximum Gasteiger partial charge on any atom is 0.325 e. The van der Waals surface area contributed by atoms with Crippen molar-refractivity contribution >= 4 is 11.9 Å². The molecule has 1 aliphatic heterocycles. The zero-order valence-corrected chi connectivity index (χ0v) is 14.7. The minimum absolute atomic E-state index is 0.0266. The van der Waals surface area contributed by atoms with E-state index in [2.05, 4.69) is 22.4 Å². The van der Waals surface area contributed by atoms with Crippen molar-refractivity contribution in [2.45, 2.75) is 52.1 Å². The van der Waals surface area contributed by atoms with Gasteiger partial charge >= 0.3 is 6.03 Å². The highest BCUT2D eigenvalue weighted by atomic mass is 16.5. The lowest BCUT2D eigenvalue weighted by atomic mass is 9.91. The molecule has 1 atom stereocenters. The number of benzene rings is 1. The summed E-state index contributed by atoms with van der Waals surface area (Å²) in [5.74, 6) is 0.483. The molecule has 25 heavy (non-hydrogen) atoms. The summed E-state index contributed by atoms with van der Waals surface area (Å²) in [5.41, 5.74) is 0.879. The average molecular weight is 342 g/mol. The van der Waals surface area contributed by atoms with E-state index < -0.39 is 11.6 Å². The van der Waals surface area contributed by atoms with E-state index in [1.807, 2.05) is 31.2 Å². The number of aromatic nitrogens is 2. The molecule has 2 heterocycles. The van der Waals surface area contributed by atoms with E-state index in [1.54, 1.807) is 6.92 Å². The molecule has 7 nitrogen and oxygen atoms in total. The van der Waals surface area contributed by atoms with E-state index >= 15 is 0 Å². The molecule has 0 radical (unpaired) electrons. The molecule has 0 spiro atoms. The number of nitrogens with zero attached hydrogens (tertiary/aromatic N) is 3. The number of urea groups is 1. The Hall–Kier alpha value is -2.70. The third-order valence-corrected chi connectivity index (χ3v) is 4.46. The number of hydrogen-bond acceptors (Lipinski definition) is 5. The van der Waals surface area contributed by atoms with Crippen molar-refractivity contribution in [3.05, 3.63) is 47.1 Å². The zero-order chi connectivity index (χ0) is 18.0. The first-order valence-corrected chi connectivity index (χ1v) is 8.53. The Balaban J connectivity index is 1.81. The number of nitrogens with one attached hydrogen (secondary N) is 1. The van der Waals surface area contributed by atoms with Crippen LogP contribution in [0.1, 0.15) is 50.0 Å². The molecule has 3 rings (SSSR count). The Kier molecular flexibility index (Phi) is 4.57. The van der Waals surface area contributed by atoms with Gasteiger partial charge in [0.15, 0.2) is 5.82 Å². The normalized spacial score (nSPS) is 20.2. The molecular weight excluding hydrogens is 320 g/mol. The Morgan fingerprint density at radius 1 is 1.20 bits per heavy atom. The molecule has 7 heteroatoms. The first-order chi connectivity index (χ1) is 12.0. The van der Waals surface area contributed by atoms with Crippen molar-refractivity contribution in [2.24, 2.45) is 0 Å². The summed E-state index contributed by atoms with van der Waals surface area (Å²) in [6, 6.07) is 7.33. The second kappa shape index (κ2) is 6.66. The Morgan fingerprint density at radius 2 is 1.92 bits per heavy atom. The number of rotatable bonds is 6. The molecule has 1 N–H and O–H groups in total. The van der Waals surface area contributed by atoms with Crippen LogP contribution in [0, 0.1) is 0 Å². The van der Waals surface area contributed by atoms with Gasteiger partial charge in [-0.1, -0.05) is 49.7 Å². The van der Waals surface area contributed by atoms with Gasteiger partial charge in [0.05, 0.1) is 0 Å². The number of carbonyl (C=O) groups is 2. The molecule has 3 amide bonds. The summed E-state index contributed by atoms with van der Waals surface area (Å²) in [4.78, 5) is 30.5. The molecule has 132 valence electrons. The van der Waals surface area contributed by atoms with Crippen LogP contribution >= 0.6 is 0 Å². The monoisotopic (exact) mass is 342 g/mol. The highest BCUT2D eigenvalue weighted by molar-refractivity contribution is 6.07. The van der Waals surface area contributed by atoms with Crippen LogP contribution in [-0.4, -0.2) is 27.0 Å². The Morgan fingerprint density at radius 3 is 2.52 bits per heavy atom. The van der Waals surface area contributed by atoms with Gasteiger partial charge in [0, 0.05) is 6.42 Å². The summed E-state index contributed by atoms with van der Waals surface area (Å²) in [6.45, 7) is 5.71. The van der Waals surface area contributed by atoms with Crippen molar-refractivity contribution in [3.63, 3.8) is 0 Å². The number of hydrogen-bond donors (Lipinski definition) is 1. The quantitative estimate of drug-likeness (QED) is 0.815. The van der Waals surface area contributed by atoms with Crippen LogP contribution in [0.2, 0.25) is 0 Å². The fourth-order valence-corrected chi connectivity index (χ4v) is 2.96. The van der Waals surface area contributed by atoms with Gasteiger partial charge in [0.1, 0.15) is 12.1 Å². The van der Waals surface area contributed by atoms with Gasteiger partial charge in [-0.3, -0.25) is 9.69 Å². The van der Waals surface area contributed by atoms with E-state index in [1.165, 1.54) is 5.56 Å². The van der Waals surface area contributed by atoms with Crippen LogP contribution in [0.4, 0.5) is 4.79 Å². The van der Waals surface area contributed by atoms with E-state index in [0.29, 0.717) is 12.2 Å². The predicted molar refractivity (Wildman–Crippen MR) is 90.5 cm³/mol. The van der Waals surface area contributed by atoms with Crippen LogP contribution in [0.25, 0.3) is 0 Å². The Bertz CT molecular complexity index is 784. The fourth-order valence-electron chi connectivity index (χ4n) is 2.96. The lowest BCUT2D eigenvalue weighted by Crippen LogP contribution is -2.40. The van der Waals surface area contributed by atoms with Gasteiger partial charge in [-0.2, -0.15) is 4.98 Å². The van der Waals surface area contributed by atoms with E-state index in [-0.39, 0.29) is 18.3 Å². The predicted octanol–water partition coefficient (Wildman–Crippen LogP) is 2.55. The molecule has 1 fully saturated rings.